The van der Waals surface area contributed by atoms with Crippen molar-refractivity contribution in [2.24, 2.45) is 0 Å². The van der Waals surface area contributed by atoms with Crippen molar-refractivity contribution in [1.82, 2.24) is 0 Å². The normalized spacial score (nSPS) is 22.5. The topological polar surface area (TPSA) is 58.6 Å². The largest absolute Gasteiger partial charge is 0.353 e. The van der Waals surface area contributed by atoms with Gasteiger partial charge in [-0.1, -0.05) is 30.3 Å². The van der Waals surface area contributed by atoms with Crippen LogP contribution in [0.4, 0.5) is 17.1 Å². The first-order valence-electron chi connectivity index (χ1n) is 16.5. The molecule has 6 rings (SSSR count). The Balaban J connectivity index is 1.18. The number of hydrogen-bond acceptors (Lipinski definition) is 7. The van der Waals surface area contributed by atoms with Crippen molar-refractivity contribution in [3.63, 3.8) is 0 Å². The fourth-order valence-electron chi connectivity index (χ4n) is 6.00. The quantitative estimate of drug-likeness (QED) is 0.206. The highest BCUT2D eigenvalue weighted by atomic mass is 16.7. The van der Waals surface area contributed by atoms with E-state index in [2.05, 4.69) is 78.6 Å². The zero-order valence-electron chi connectivity index (χ0n) is 26.1. The van der Waals surface area contributed by atoms with Crippen LogP contribution in [0, 0.1) is 6.92 Å². The summed E-state index contributed by atoms with van der Waals surface area (Å²) in [7, 11) is 0. The molecule has 7 heteroatoms. The number of nitrogens with zero attached hydrogens (tertiary/aromatic N) is 1. The number of anilines is 3. The van der Waals surface area contributed by atoms with E-state index in [4.69, 9.17) is 28.4 Å². The first-order chi connectivity index (χ1) is 21.7. The third-order valence-electron chi connectivity index (χ3n) is 8.68. The van der Waals surface area contributed by atoms with Gasteiger partial charge in [-0.3, -0.25) is 0 Å². The molecule has 3 saturated heterocycles. The van der Waals surface area contributed by atoms with Crippen LogP contribution in [0.5, 0.6) is 0 Å². The minimum Gasteiger partial charge on any atom is -0.353 e. The van der Waals surface area contributed by atoms with E-state index in [1.54, 1.807) is 0 Å². The van der Waals surface area contributed by atoms with Crippen molar-refractivity contribution < 1.29 is 28.4 Å². The van der Waals surface area contributed by atoms with E-state index in [9.17, 15) is 0 Å². The highest BCUT2D eigenvalue weighted by molar-refractivity contribution is 5.77. The van der Waals surface area contributed by atoms with Gasteiger partial charge >= 0.3 is 0 Å². The van der Waals surface area contributed by atoms with Gasteiger partial charge in [-0.15, -0.1) is 0 Å². The van der Waals surface area contributed by atoms with Crippen LogP contribution in [0.3, 0.4) is 0 Å². The smallest absolute Gasteiger partial charge is 0.158 e. The third-order valence-corrected chi connectivity index (χ3v) is 8.68. The summed E-state index contributed by atoms with van der Waals surface area (Å²) < 4.78 is 35.5. The zero-order valence-corrected chi connectivity index (χ0v) is 26.1. The van der Waals surface area contributed by atoms with E-state index in [1.807, 2.05) is 0 Å². The molecule has 3 atom stereocenters. The summed E-state index contributed by atoms with van der Waals surface area (Å²) in [6, 6.07) is 23.9. The molecular formula is C37H47NO6. The van der Waals surface area contributed by atoms with Gasteiger partial charge in [-0.2, -0.15) is 0 Å². The molecule has 0 radical (unpaired) electrons. The molecule has 7 nitrogen and oxygen atoms in total. The molecule has 0 aliphatic carbocycles. The Morgan fingerprint density at radius 3 is 1.39 bits per heavy atom. The lowest BCUT2D eigenvalue weighted by Gasteiger charge is -2.27. The second kappa shape index (κ2) is 16.0. The van der Waals surface area contributed by atoms with Crippen LogP contribution in [0.15, 0.2) is 66.7 Å². The fraction of sp³-hybridized carbons (Fsp3) is 0.514. The Kier molecular flexibility index (Phi) is 11.3. The van der Waals surface area contributed by atoms with Gasteiger partial charge in [0.25, 0.3) is 0 Å². The maximum Gasteiger partial charge on any atom is 0.158 e. The second-order valence-electron chi connectivity index (χ2n) is 12.1. The van der Waals surface area contributed by atoms with Crippen LogP contribution in [0.25, 0.3) is 0 Å². The number of aryl methyl sites for hydroxylation is 1. The van der Waals surface area contributed by atoms with Crippen molar-refractivity contribution in [2.45, 2.75) is 103 Å². The van der Waals surface area contributed by atoms with Gasteiger partial charge < -0.3 is 33.3 Å². The third kappa shape index (κ3) is 8.68. The average molecular weight is 602 g/mol. The van der Waals surface area contributed by atoms with Crippen molar-refractivity contribution in [3.8, 4) is 0 Å². The molecular weight excluding hydrogens is 554 g/mol. The van der Waals surface area contributed by atoms with Crippen LogP contribution in [0.1, 0.15) is 80.0 Å². The monoisotopic (exact) mass is 601 g/mol. The molecule has 0 spiro atoms. The molecule has 0 N–H and O–H groups in total. The van der Waals surface area contributed by atoms with Crippen LogP contribution in [0.2, 0.25) is 0 Å². The van der Waals surface area contributed by atoms with Gasteiger partial charge in [-0.05, 0) is 123 Å². The van der Waals surface area contributed by atoms with Crippen LogP contribution in [-0.2, 0) is 48.2 Å². The summed E-state index contributed by atoms with van der Waals surface area (Å²) in [6.45, 7) is 6.16. The Morgan fingerprint density at radius 2 is 0.977 bits per heavy atom. The molecule has 0 saturated carbocycles. The lowest BCUT2D eigenvalue weighted by Crippen LogP contribution is -2.22. The molecule has 0 aromatic heterocycles. The molecule has 3 aliphatic rings. The van der Waals surface area contributed by atoms with Gasteiger partial charge in [-0.25, -0.2) is 0 Å². The Labute approximate surface area is 262 Å². The van der Waals surface area contributed by atoms with Crippen molar-refractivity contribution in [2.75, 3.05) is 24.7 Å². The van der Waals surface area contributed by atoms with Crippen molar-refractivity contribution in [3.05, 3.63) is 89.0 Å². The van der Waals surface area contributed by atoms with Crippen molar-refractivity contribution >= 4 is 17.1 Å². The molecule has 3 aromatic rings. The SMILES string of the molecule is Cc1cc(N(c2ccc(COC3CCCCO3)cc2)c2ccc(COC3CCCCO3)cc2)ccc1COC1CCCCO1. The van der Waals surface area contributed by atoms with Gasteiger partial charge in [0.15, 0.2) is 18.9 Å². The summed E-state index contributed by atoms with van der Waals surface area (Å²) in [5, 5.41) is 0. The highest BCUT2D eigenvalue weighted by Gasteiger charge is 2.19. The minimum absolute atomic E-state index is 0.0951. The summed E-state index contributed by atoms with van der Waals surface area (Å²) >= 11 is 0. The molecule has 3 unspecified atom stereocenters. The fourth-order valence-corrected chi connectivity index (χ4v) is 6.00. The Hall–Kier alpha value is -2.78. The first-order valence-corrected chi connectivity index (χ1v) is 16.5. The number of benzene rings is 3. The lowest BCUT2D eigenvalue weighted by atomic mass is 10.1. The second-order valence-corrected chi connectivity index (χ2v) is 12.1. The molecule has 236 valence electrons. The molecule has 0 bridgehead atoms. The number of rotatable bonds is 12. The van der Waals surface area contributed by atoms with Crippen LogP contribution >= 0.6 is 0 Å². The van der Waals surface area contributed by atoms with E-state index >= 15 is 0 Å². The molecule has 44 heavy (non-hydrogen) atoms. The first kappa shape index (κ1) is 31.2. The van der Waals surface area contributed by atoms with E-state index in [0.717, 1.165) is 106 Å². The highest BCUT2D eigenvalue weighted by Crippen LogP contribution is 2.36. The summed E-state index contributed by atoms with van der Waals surface area (Å²) in [4.78, 5) is 2.30. The molecule has 3 aliphatic heterocycles. The standard InChI is InChI=1S/C37H47NO6/c1-28-24-34(20-15-31(28)27-44-37-10-4-7-23-41-37)38(32-16-11-29(12-17-32)25-42-35-8-2-5-21-39-35)33-18-13-30(14-19-33)26-43-36-9-3-6-22-40-36/h11-20,24,35-37H,2-10,21-23,25-27H2,1H3. The summed E-state index contributed by atoms with van der Waals surface area (Å²) in [5.41, 5.74) is 7.90. The summed E-state index contributed by atoms with van der Waals surface area (Å²) in [5.74, 6) is 0. The van der Waals surface area contributed by atoms with Gasteiger partial charge in [0.2, 0.25) is 0 Å². The maximum atomic E-state index is 6.10. The summed E-state index contributed by atoms with van der Waals surface area (Å²) in [6.07, 6.45) is 9.46. The minimum atomic E-state index is -0.0985. The molecule has 3 aromatic carbocycles. The van der Waals surface area contributed by atoms with E-state index in [-0.39, 0.29) is 18.9 Å². The zero-order chi connectivity index (χ0) is 30.0. The molecule has 3 heterocycles. The Bertz CT molecular complexity index is 1210. The molecule has 0 amide bonds. The number of ether oxygens (including phenoxy) is 6. The van der Waals surface area contributed by atoms with Gasteiger partial charge in [0.1, 0.15) is 0 Å². The van der Waals surface area contributed by atoms with E-state index in [0.29, 0.717) is 19.8 Å². The predicted octanol–water partition coefficient (Wildman–Crippen LogP) is 8.59. The van der Waals surface area contributed by atoms with Gasteiger partial charge in [0.05, 0.1) is 19.8 Å². The van der Waals surface area contributed by atoms with Crippen molar-refractivity contribution in [1.29, 1.82) is 0 Å². The van der Waals surface area contributed by atoms with Crippen LogP contribution < -0.4 is 4.90 Å². The Morgan fingerprint density at radius 1 is 0.545 bits per heavy atom. The van der Waals surface area contributed by atoms with E-state index < -0.39 is 0 Å². The predicted molar refractivity (Wildman–Crippen MR) is 171 cm³/mol. The van der Waals surface area contributed by atoms with Gasteiger partial charge in [0, 0.05) is 36.9 Å². The average Bonchev–Trinajstić information content (AvgIpc) is 3.09. The van der Waals surface area contributed by atoms with E-state index in [1.165, 1.54) is 11.1 Å². The van der Waals surface area contributed by atoms with Crippen LogP contribution in [-0.4, -0.2) is 38.7 Å². The maximum absolute atomic E-state index is 6.10. The lowest BCUT2D eigenvalue weighted by molar-refractivity contribution is -0.169. The number of hydrogen-bond donors (Lipinski definition) is 0. The molecule has 3 fully saturated rings.